The predicted octanol–water partition coefficient (Wildman–Crippen LogP) is 1.48. The molecule has 2 N–H and O–H groups in total. The summed E-state index contributed by atoms with van der Waals surface area (Å²) in [5.41, 5.74) is 0.565. The van der Waals surface area contributed by atoms with Crippen LogP contribution in [0.25, 0.3) is 0 Å². The van der Waals surface area contributed by atoms with Gasteiger partial charge in [0.15, 0.2) is 0 Å². The Morgan fingerprint density at radius 2 is 1.93 bits per heavy atom. The van der Waals surface area contributed by atoms with Gasteiger partial charge in [-0.3, -0.25) is 14.6 Å². The Labute approximate surface area is 159 Å². The molecule has 27 heavy (non-hydrogen) atoms. The zero-order valence-corrected chi connectivity index (χ0v) is 15.0. The topological polar surface area (TPSA) is 111 Å². The van der Waals surface area contributed by atoms with Crippen LogP contribution in [-0.4, -0.2) is 42.2 Å². The Morgan fingerprint density at radius 3 is 2.59 bits per heavy atom. The number of nitrogens with zero attached hydrogens (tertiary/aromatic N) is 3. The zero-order valence-electron chi connectivity index (χ0n) is 14.2. The van der Waals surface area contributed by atoms with Crippen LogP contribution >= 0.6 is 11.6 Å². The molecule has 0 saturated carbocycles. The number of nitrogens with one attached hydrogen (secondary N) is 2. The Morgan fingerprint density at radius 1 is 1.22 bits per heavy atom. The summed E-state index contributed by atoms with van der Waals surface area (Å²) >= 11 is 5.95. The molecule has 1 saturated heterocycles. The van der Waals surface area contributed by atoms with Crippen LogP contribution in [0.1, 0.15) is 17.0 Å². The third-order valence-corrected chi connectivity index (χ3v) is 5.04. The van der Waals surface area contributed by atoms with E-state index in [0.29, 0.717) is 42.8 Å². The minimum atomic E-state index is -1.03. The van der Waals surface area contributed by atoms with Crippen molar-refractivity contribution in [1.82, 2.24) is 9.97 Å². The fourth-order valence-corrected chi connectivity index (χ4v) is 3.58. The van der Waals surface area contributed by atoms with Gasteiger partial charge in [0.2, 0.25) is 11.9 Å². The van der Waals surface area contributed by atoms with Crippen LogP contribution in [0.15, 0.2) is 29.1 Å². The molecule has 0 radical (unpaired) electrons. The van der Waals surface area contributed by atoms with Gasteiger partial charge in [-0.2, -0.15) is 10.2 Å². The maximum Gasteiger partial charge on any atom is 0.258 e. The lowest BCUT2D eigenvalue weighted by Crippen LogP contribution is -2.41. The van der Waals surface area contributed by atoms with Crippen LogP contribution in [0.4, 0.5) is 11.8 Å². The largest absolute Gasteiger partial charge is 0.378 e. The van der Waals surface area contributed by atoms with Gasteiger partial charge in [-0.1, -0.05) is 23.7 Å². The SMILES string of the molecule is N#C[C@@H]1C(=O)Nc2nc(N3CCOCC3)[nH]c(=O)c2[C@@H]1c1ccc(Cl)cc1. The summed E-state index contributed by atoms with van der Waals surface area (Å²) < 4.78 is 5.32. The van der Waals surface area contributed by atoms with Gasteiger partial charge in [-0.05, 0) is 17.7 Å². The number of halogens is 1. The third kappa shape index (κ3) is 3.16. The van der Waals surface area contributed by atoms with Crippen molar-refractivity contribution in [3.63, 3.8) is 0 Å². The second-order valence-electron chi connectivity index (χ2n) is 6.38. The molecule has 138 valence electrons. The monoisotopic (exact) mass is 385 g/mol. The van der Waals surface area contributed by atoms with Crippen molar-refractivity contribution in [2.75, 3.05) is 36.5 Å². The summed E-state index contributed by atoms with van der Waals surface area (Å²) in [5, 5.41) is 12.7. The van der Waals surface area contributed by atoms with Crippen molar-refractivity contribution in [2.24, 2.45) is 5.92 Å². The highest BCUT2D eigenvalue weighted by atomic mass is 35.5. The number of anilines is 2. The molecule has 1 aromatic heterocycles. The van der Waals surface area contributed by atoms with Crippen molar-refractivity contribution < 1.29 is 9.53 Å². The first-order valence-electron chi connectivity index (χ1n) is 8.51. The number of ether oxygens (including phenoxy) is 1. The van der Waals surface area contributed by atoms with Gasteiger partial charge >= 0.3 is 0 Å². The zero-order chi connectivity index (χ0) is 19.0. The Bertz CT molecular complexity index is 976. The molecule has 0 unspecified atom stereocenters. The van der Waals surface area contributed by atoms with Crippen LogP contribution in [0.2, 0.25) is 5.02 Å². The Hall–Kier alpha value is -2.89. The van der Waals surface area contributed by atoms with E-state index in [9.17, 15) is 14.9 Å². The Kier molecular flexibility index (Phi) is 4.56. The summed E-state index contributed by atoms with van der Waals surface area (Å²) in [4.78, 5) is 34.5. The van der Waals surface area contributed by atoms with Gasteiger partial charge in [0.05, 0.1) is 24.8 Å². The molecule has 8 nitrogen and oxygen atoms in total. The first kappa shape index (κ1) is 17.5. The molecule has 2 aromatic rings. The molecule has 0 bridgehead atoms. The second-order valence-corrected chi connectivity index (χ2v) is 6.81. The molecule has 1 fully saturated rings. The van der Waals surface area contributed by atoms with Crippen molar-refractivity contribution in [3.8, 4) is 6.07 Å². The maximum absolute atomic E-state index is 12.9. The molecular formula is C18H16ClN5O3. The number of aromatic nitrogens is 2. The molecule has 2 aliphatic heterocycles. The lowest BCUT2D eigenvalue weighted by Gasteiger charge is -2.31. The van der Waals surface area contributed by atoms with Crippen molar-refractivity contribution in [2.45, 2.75) is 5.92 Å². The summed E-state index contributed by atoms with van der Waals surface area (Å²) in [6.45, 7) is 2.27. The quantitative estimate of drug-likeness (QED) is 0.810. The molecular weight excluding hydrogens is 370 g/mol. The molecule has 9 heteroatoms. The lowest BCUT2D eigenvalue weighted by molar-refractivity contribution is -0.119. The number of hydrogen-bond acceptors (Lipinski definition) is 6. The highest BCUT2D eigenvalue weighted by molar-refractivity contribution is 6.30. The fourth-order valence-electron chi connectivity index (χ4n) is 3.45. The lowest BCUT2D eigenvalue weighted by atomic mass is 9.79. The molecule has 2 aliphatic rings. The molecule has 3 heterocycles. The first-order valence-corrected chi connectivity index (χ1v) is 8.89. The number of nitriles is 1. The minimum Gasteiger partial charge on any atom is -0.378 e. The predicted molar refractivity (Wildman–Crippen MR) is 98.9 cm³/mol. The van der Waals surface area contributed by atoms with Crippen LogP contribution in [0, 0.1) is 17.2 Å². The van der Waals surface area contributed by atoms with E-state index < -0.39 is 17.7 Å². The van der Waals surface area contributed by atoms with Gasteiger partial charge in [0.25, 0.3) is 5.56 Å². The van der Waals surface area contributed by atoms with E-state index in [4.69, 9.17) is 16.3 Å². The number of morpholine rings is 1. The standard InChI is InChI=1S/C18H16ClN5O3/c19-11-3-1-10(2-4-11)13-12(9-20)16(25)21-15-14(13)17(26)23-18(22-15)24-5-7-27-8-6-24/h1-4,12-13H,5-8H2,(H2,21,22,23,25,26)/t12-,13+/m0/s1. The smallest absolute Gasteiger partial charge is 0.258 e. The molecule has 0 aliphatic carbocycles. The molecule has 1 amide bonds. The van der Waals surface area contributed by atoms with Crippen molar-refractivity contribution >= 4 is 29.3 Å². The number of aromatic amines is 1. The van der Waals surface area contributed by atoms with E-state index in [2.05, 4.69) is 15.3 Å². The van der Waals surface area contributed by atoms with Crippen LogP contribution in [-0.2, 0) is 9.53 Å². The number of H-pyrrole nitrogens is 1. The van der Waals surface area contributed by atoms with E-state index in [1.54, 1.807) is 24.3 Å². The number of carbonyl (C=O) groups is 1. The third-order valence-electron chi connectivity index (χ3n) is 4.79. The van der Waals surface area contributed by atoms with E-state index in [-0.39, 0.29) is 16.9 Å². The van der Waals surface area contributed by atoms with E-state index in [1.807, 2.05) is 11.0 Å². The summed E-state index contributed by atoms with van der Waals surface area (Å²) in [6.07, 6.45) is 0. The highest BCUT2D eigenvalue weighted by Crippen LogP contribution is 2.38. The van der Waals surface area contributed by atoms with Crippen molar-refractivity contribution in [1.29, 1.82) is 5.26 Å². The number of benzene rings is 1. The Balaban J connectivity index is 1.84. The molecule has 0 spiro atoms. The average Bonchev–Trinajstić information content (AvgIpc) is 2.68. The van der Waals surface area contributed by atoms with Gasteiger partial charge in [-0.25, -0.2) is 0 Å². The second kappa shape index (κ2) is 7.02. The summed E-state index contributed by atoms with van der Waals surface area (Å²) in [5.74, 6) is -1.65. The molecule has 4 rings (SSSR count). The number of amides is 1. The normalized spacial score (nSPS) is 21.9. The van der Waals surface area contributed by atoms with Crippen LogP contribution in [0.5, 0.6) is 0 Å². The highest BCUT2D eigenvalue weighted by Gasteiger charge is 2.40. The van der Waals surface area contributed by atoms with E-state index in [1.165, 1.54) is 0 Å². The van der Waals surface area contributed by atoms with Crippen LogP contribution < -0.4 is 15.8 Å². The summed E-state index contributed by atoms with van der Waals surface area (Å²) in [7, 11) is 0. The van der Waals surface area contributed by atoms with Gasteiger partial charge in [0, 0.05) is 24.0 Å². The fraction of sp³-hybridized carbons (Fsp3) is 0.333. The van der Waals surface area contributed by atoms with Gasteiger partial charge in [0.1, 0.15) is 11.7 Å². The van der Waals surface area contributed by atoms with Gasteiger partial charge in [-0.15, -0.1) is 0 Å². The van der Waals surface area contributed by atoms with Crippen LogP contribution in [0.3, 0.4) is 0 Å². The molecule has 2 atom stereocenters. The average molecular weight is 386 g/mol. The van der Waals surface area contributed by atoms with Gasteiger partial charge < -0.3 is 15.0 Å². The number of carbonyl (C=O) groups excluding carboxylic acids is 1. The first-order chi connectivity index (χ1) is 13.1. The maximum atomic E-state index is 12.9. The minimum absolute atomic E-state index is 0.191. The van der Waals surface area contributed by atoms with E-state index in [0.717, 1.165) is 0 Å². The number of fused-ring (bicyclic) bond motifs is 1. The number of rotatable bonds is 2. The summed E-state index contributed by atoms with van der Waals surface area (Å²) in [6, 6.07) is 8.78. The number of hydrogen-bond donors (Lipinski definition) is 2. The van der Waals surface area contributed by atoms with E-state index >= 15 is 0 Å². The van der Waals surface area contributed by atoms with Crippen molar-refractivity contribution in [3.05, 3.63) is 50.8 Å². The molecule has 1 aromatic carbocycles.